The van der Waals surface area contributed by atoms with Crippen LogP contribution in [0.1, 0.15) is 16.1 Å². The van der Waals surface area contributed by atoms with Gasteiger partial charge < -0.3 is 20.7 Å². The first kappa shape index (κ1) is 18.7. The average Bonchev–Trinajstić information content (AvgIpc) is 3.15. The molecule has 6 nitrogen and oxygen atoms in total. The van der Waals surface area contributed by atoms with Crippen molar-refractivity contribution in [2.45, 2.75) is 6.42 Å². The number of rotatable bonds is 6. The summed E-state index contributed by atoms with van der Waals surface area (Å²) in [5.41, 5.74) is 2.52. The van der Waals surface area contributed by atoms with Crippen LogP contribution in [0.15, 0.2) is 30.3 Å². The lowest BCUT2D eigenvalue weighted by Gasteiger charge is -2.07. The van der Waals surface area contributed by atoms with Crippen LogP contribution in [0, 0.1) is 0 Å². The molecule has 2 aromatic heterocycles. The van der Waals surface area contributed by atoms with Crippen LogP contribution in [0.3, 0.4) is 0 Å². The lowest BCUT2D eigenvalue weighted by Crippen LogP contribution is -2.33. The van der Waals surface area contributed by atoms with E-state index in [2.05, 4.69) is 15.6 Å². The zero-order valence-corrected chi connectivity index (χ0v) is 15.8. The van der Waals surface area contributed by atoms with Gasteiger partial charge in [-0.15, -0.1) is 11.3 Å². The van der Waals surface area contributed by atoms with Gasteiger partial charge in [-0.2, -0.15) is 0 Å². The molecule has 0 unspecified atom stereocenters. The van der Waals surface area contributed by atoms with Crippen molar-refractivity contribution in [2.24, 2.45) is 0 Å². The molecule has 2 heterocycles. The van der Waals surface area contributed by atoms with Gasteiger partial charge in [0.15, 0.2) is 0 Å². The largest absolute Gasteiger partial charge is 0.396 e. The van der Waals surface area contributed by atoms with E-state index in [1.54, 1.807) is 18.2 Å². The van der Waals surface area contributed by atoms with Crippen LogP contribution in [0.4, 0.5) is 5.69 Å². The smallest absolute Gasteiger partial charge is 0.268 e. The lowest BCUT2D eigenvalue weighted by atomic mass is 10.1. The van der Waals surface area contributed by atoms with E-state index in [9.17, 15) is 9.59 Å². The zero-order valence-electron chi connectivity index (χ0n) is 13.4. The van der Waals surface area contributed by atoms with Gasteiger partial charge in [0.25, 0.3) is 5.91 Å². The third-order valence-corrected chi connectivity index (χ3v) is 5.60. The number of hydrogen-bond donors (Lipinski definition) is 4. The number of aromatic amines is 1. The maximum Gasteiger partial charge on any atom is 0.268 e. The Morgan fingerprint density at radius 1 is 1.19 bits per heavy atom. The monoisotopic (exact) mass is 411 g/mol. The number of carbonyl (C=O) groups is 2. The minimum absolute atomic E-state index is 0.0750. The van der Waals surface area contributed by atoms with Gasteiger partial charge >= 0.3 is 0 Å². The molecule has 0 bridgehead atoms. The lowest BCUT2D eigenvalue weighted by molar-refractivity contribution is -0.115. The Balaban J connectivity index is 1.55. The third kappa shape index (κ3) is 4.19. The summed E-state index contributed by atoms with van der Waals surface area (Å²) in [5.74, 6) is -0.753. The van der Waals surface area contributed by atoms with Crippen molar-refractivity contribution < 1.29 is 14.7 Å². The van der Waals surface area contributed by atoms with Gasteiger partial charge in [-0.1, -0.05) is 35.3 Å². The first-order valence-electron chi connectivity index (χ1n) is 7.72. The van der Waals surface area contributed by atoms with Gasteiger partial charge in [0, 0.05) is 12.3 Å². The topological polar surface area (TPSA) is 94.2 Å². The van der Waals surface area contributed by atoms with Gasteiger partial charge in [0.05, 0.1) is 21.8 Å². The quantitative estimate of drug-likeness (QED) is 0.500. The maximum atomic E-state index is 12.2. The molecule has 1 aromatic carbocycles. The molecule has 0 atom stereocenters. The summed E-state index contributed by atoms with van der Waals surface area (Å²) in [6.07, 6.45) is 0.563. The molecule has 2 amide bonds. The van der Waals surface area contributed by atoms with E-state index in [0.717, 1.165) is 10.3 Å². The van der Waals surface area contributed by atoms with E-state index < -0.39 is 5.91 Å². The number of carbonyl (C=O) groups excluding carboxylic acids is 2. The summed E-state index contributed by atoms with van der Waals surface area (Å²) in [5, 5.41) is 14.5. The fraction of sp³-hybridized carbons (Fsp3) is 0.176. The van der Waals surface area contributed by atoms with E-state index in [4.69, 9.17) is 28.3 Å². The fourth-order valence-electron chi connectivity index (χ4n) is 2.39. The van der Waals surface area contributed by atoms with E-state index in [1.165, 1.54) is 11.3 Å². The summed E-state index contributed by atoms with van der Waals surface area (Å²) in [6, 6.07) is 8.78. The molecular formula is C17H15Cl2N3O3S. The van der Waals surface area contributed by atoms with E-state index in [0.29, 0.717) is 32.7 Å². The second kappa shape index (κ2) is 8.09. The molecule has 3 rings (SSSR count). The number of H-pyrrole nitrogens is 1. The van der Waals surface area contributed by atoms with Crippen LogP contribution in [-0.4, -0.2) is 35.1 Å². The molecule has 9 heteroatoms. The molecule has 26 heavy (non-hydrogen) atoms. The van der Waals surface area contributed by atoms with Gasteiger partial charge in [0.1, 0.15) is 10.0 Å². The minimum atomic E-state index is -0.408. The van der Waals surface area contributed by atoms with Crippen molar-refractivity contribution in [3.63, 3.8) is 0 Å². The van der Waals surface area contributed by atoms with Crippen LogP contribution in [0.5, 0.6) is 0 Å². The number of aliphatic hydroxyl groups is 1. The first-order chi connectivity index (χ1) is 12.5. The van der Waals surface area contributed by atoms with Crippen LogP contribution in [0.2, 0.25) is 9.36 Å². The molecule has 0 fully saturated rings. The summed E-state index contributed by atoms with van der Waals surface area (Å²) in [7, 11) is 0. The van der Waals surface area contributed by atoms with Gasteiger partial charge in [-0.3, -0.25) is 9.59 Å². The Kier molecular flexibility index (Phi) is 5.83. The number of benzene rings is 1. The Labute approximate surface area is 163 Å². The van der Waals surface area contributed by atoms with Crippen molar-refractivity contribution in [1.82, 2.24) is 10.3 Å². The number of aromatic nitrogens is 1. The number of aliphatic hydroxyl groups excluding tert-OH is 1. The predicted molar refractivity (Wildman–Crippen MR) is 104 cm³/mol. The predicted octanol–water partition coefficient (Wildman–Crippen LogP) is 3.44. The van der Waals surface area contributed by atoms with Gasteiger partial charge in [-0.05, 0) is 30.2 Å². The summed E-state index contributed by atoms with van der Waals surface area (Å²) in [4.78, 5) is 27.0. The molecule has 0 aliphatic heterocycles. The fourth-order valence-corrected chi connectivity index (χ4v) is 3.87. The molecule has 0 spiro atoms. The number of amides is 2. The van der Waals surface area contributed by atoms with Gasteiger partial charge in [0.2, 0.25) is 5.91 Å². The summed E-state index contributed by atoms with van der Waals surface area (Å²) in [6.45, 7) is -0.0932. The number of fused-ring (bicyclic) bond motifs is 1. The van der Waals surface area contributed by atoms with E-state index >= 15 is 0 Å². The van der Waals surface area contributed by atoms with Crippen LogP contribution in [-0.2, 0) is 11.2 Å². The Bertz CT molecular complexity index is 950. The number of halogens is 2. The number of anilines is 1. The highest BCUT2D eigenvalue weighted by Crippen LogP contribution is 2.38. The average molecular weight is 412 g/mol. The van der Waals surface area contributed by atoms with Crippen LogP contribution >= 0.6 is 34.5 Å². The van der Waals surface area contributed by atoms with Crippen LogP contribution in [0.25, 0.3) is 10.2 Å². The highest BCUT2D eigenvalue weighted by atomic mass is 35.5. The Morgan fingerprint density at radius 3 is 2.58 bits per heavy atom. The molecular weight excluding hydrogens is 397 g/mol. The molecule has 0 aliphatic rings. The molecule has 4 N–H and O–H groups in total. The highest BCUT2D eigenvalue weighted by Gasteiger charge is 2.16. The van der Waals surface area contributed by atoms with Crippen LogP contribution < -0.4 is 10.6 Å². The standard InChI is InChI=1S/C17H15Cl2N3O3S/c18-14-15-12(26-16(14)19)7-11(22-15)17(25)20-8-13(24)21-10-3-1-9(2-4-10)5-6-23/h1-4,7,22-23H,5-6,8H2,(H,20,25)(H,21,24). The van der Waals surface area contributed by atoms with Crippen molar-refractivity contribution in [3.05, 3.63) is 50.9 Å². The molecule has 0 aliphatic carbocycles. The number of thiophene rings is 1. The minimum Gasteiger partial charge on any atom is -0.396 e. The maximum absolute atomic E-state index is 12.2. The summed E-state index contributed by atoms with van der Waals surface area (Å²) >= 11 is 13.3. The van der Waals surface area contributed by atoms with Crippen molar-refractivity contribution in [3.8, 4) is 0 Å². The number of nitrogens with one attached hydrogen (secondary N) is 3. The van der Waals surface area contributed by atoms with Crippen molar-refractivity contribution in [1.29, 1.82) is 0 Å². The third-order valence-electron chi connectivity index (χ3n) is 3.67. The molecule has 136 valence electrons. The van der Waals surface area contributed by atoms with Crippen molar-refractivity contribution >= 4 is 62.3 Å². The van der Waals surface area contributed by atoms with Gasteiger partial charge in [-0.25, -0.2) is 0 Å². The normalized spacial score (nSPS) is 10.9. The molecule has 0 radical (unpaired) electrons. The van der Waals surface area contributed by atoms with E-state index in [1.807, 2.05) is 12.1 Å². The van der Waals surface area contributed by atoms with E-state index in [-0.39, 0.29) is 19.1 Å². The molecule has 0 saturated heterocycles. The SMILES string of the molecule is O=C(CNC(=O)c1cc2sc(Cl)c(Cl)c2[nH]1)Nc1ccc(CCO)cc1. The molecule has 0 saturated carbocycles. The molecule has 3 aromatic rings. The first-order valence-corrected chi connectivity index (χ1v) is 9.29. The summed E-state index contributed by atoms with van der Waals surface area (Å²) < 4.78 is 1.24. The van der Waals surface area contributed by atoms with Crippen molar-refractivity contribution in [2.75, 3.05) is 18.5 Å². The Morgan fingerprint density at radius 2 is 1.92 bits per heavy atom. The zero-order chi connectivity index (χ0) is 18.7. The second-order valence-electron chi connectivity index (χ2n) is 5.51. The Hall–Kier alpha value is -2.06. The number of hydrogen-bond acceptors (Lipinski definition) is 4. The second-order valence-corrected chi connectivity index (χ2v) is 7.55. The highest BCUT2D eigenvalue weighted by molar-refractivity contribution is 7.23.